The highest BCUT2D eigenvalue weighted by Crippen LogP contribution is 2.29. The van der Waals surface area contributed by atoms with Crippen molar-refractivity contribution >= 4 is 11.9 Å². The summed E-state index contributed by atoms with van der Waals surface area (Å²) in [5.74, 6) is -0.609. The van der Waals surface area contributed by atoms with Crippen molar-refractivity contribution in [3.05, 3.63) is 65.5 Å². The third kappa shape index (κ3) is 5.59. The van der Waals surface area contributed by atoms with Crippen molar-refractivity contribution < 1.29 is 22.7 Å². The number of carbonyl (C=O) groups excluding carboxylic acids is 1. The largest absolute Gasteiger partial charge is 0.465 e. The van der Waals surface area contributed by atoms with Gasteiger partial charge in [0.15, 0.2) is 0 Å². The highest BCUT2D eigenvalue weighted by atomic mass is 19.4. The van der Waals surface area contributed by atoms with E-state index in [1.54, 1.807) is 31.3 Å². The highest BCUT2D eigenvalue weighted by molar-refractivity contribution is 6.04. The second kappa shape index (κ2) is 8.27. The monoisotopic (exact) mass is 351 g/mol. The van der Waals surface area contributed by atoms with E-state index in [0.717, 1.165) is 24.3 Å². The van der Waals surface area contributed by atoms with Crippen molar-refractivity contribution in [2.75, 3.05) is 6.61 Å². The molecule has 0 atom stereocenters. The number of aromatic nitrogens is 1. The molecule has 0 aliphatic rings. The van der Waals surface area contributed by atoms with Gasteiger partial charge in [0.05, 0.1) is 24.4 Å². The Bertz CT molecular complexity index is 729. The van der Waals surface area contributed by atoms with E-state index < -0.39 is 17.6 Å². The Morgan fingerprint density at radius 2 is 1.92 bits per heavy atom. The molecule has 1 N–H and O–H groups in total. The predicted octanol–water partition coefficient (Wildman–Crippen LogP) is 3.42. The fraction of sp³-hybridized carbons (Fsp3) is 0.235. The van der Waals surface area contributed by atoms with Crippen LogP contribution in [0.4, 0.5) is 13.2 Å². The van der Waals surface area contributed by atoms with Crippen LogP contribution in [0, 0.1) is 0 Å². The molecule has 2 aromatic rings. The average Bonchev–Trinajstić information content (AvgIpc) is 2.60. The van der Waals surface area contributed by atoms with Crippen LogP contribution in [0.2, 0.25) is 0 Å². The Labute approximate surface area is 142 Å². The van der Waals surface area contributed by atoms with Crippen molar-refractivity contribution in [1.82, 2.24) is 10.3 Å². The van der Waals surface area contributed by atoms with Crippen LogP contribution in [0.25, 0.3) is 0 Å². The van der Waals surface area contributed by atoms with Crippen LogP contribution in [0.3, 0.4) is 0 Å². The summed E-state index contributed by atoms with van der Waals surface area (Å²) in [5.41, 5.74) is -0.0698. The van der Waals surface area contributed by atoms with Gasteiger partial charge in [-0.1, -0.05) is 6.07 Å². The molecule has 25 heavy (non-hydrogen) atoms. The van der Waals surface area contributed by atoms with Gasteiger partial charge >= 0.3 is 6.18 Å². The van der Waals surface area contributed by atoms with Gasteiger partial charge in [0.2, 0.25) is 0 Å². The minimum Gasteiger partial charge on any atom is -0.465 e. The lowest BCUT2D eigenvalue weighted by atomic mass is 10.1. The van der Waals surface area contributed by atoms with E-state index in [2.05, 4.69) is 15.3 Å². The SMILES string of the molecule is CCOC(=NCc1ccccn1)NC(=O)c1ccc(C(F)(F)F)cc1. The molecule has 1 amide bonds. The van der Waals surface area contributed by atoms with Crippen LogP contribution in [-0.4, -0.2) is 23.5 Å². The Kier molecular flexibility index (Phi) is 6.10. The topological polar surface area (TPSA) is 63.6 Å². The van der Waals surface area contributed by atoms with Crippen molar-refractivity contribution in [3.63, 3.8) is 0 Å². The molecule has 0 unspecified atom stereocenters. The van der Waals surface area contributed by atoms with Gasteiger partial charge in [0, 0.05) is 11.8 Å². The summed E-state index contributed by atoms with van der Waals surface area (Å²) in [4.78, 5) is 20.4. The van der Waals surface area contributed by atoms with Gasteiger partial charge in [-0.3, -0.25) is 15.1 Å². The average molecular weight is 351 g/mol. The molecular weight excluding hydrogens is 335 g/mol. The first-order valence-electron chi connectivity index (χ1n) is 7.46. The first kappa shape index (κ1) is 18.4. The van der Waals surface area contributed by atoms with E-state index >= 15 is 0 Å². The molecule has 1 aromatic carbocycles. The van der Waals surface area contributed by atoms with Crippen molar-refractivity contribution in [2.24, 2.45) is 4.99 Å². The minimum atomic E-state index is -4.45. The molecule has 132 valence electrons. The maximum Gasteiger partial charge on any atom is 0.416 e. The number of rotatable bonds is 4. The summed E-state index contributed by atoms with van der Waals surface area (Å²) in [7, 11) is 0. The molecule has 0 spiro atoms. The van der Waals surface area contributed by atoms with E-state index in [4.69, 9.17) is 4.74 Å². The molecular formula is C17H16F3N3O2. The Hall–Kier alpha value is -2.90. The number of hydrogen-bond acceptors (Lipinski definition) is 4. The van der Waals surface area contributed by atoms with Gasteiger partial charge in [0.25, 0.3) is 11.9 Å². The number of alkyl halides is 3. The highest BCUT2D eigenvalue weighted by Gasteiger charge is 2.30. The summed E-state index contributed by atoms with van der Waals surface area (Å²) < 4.78 is 42.9. The molecule has 1 heterocycles. The lowest BCUT2D eigenvalue weighted by Crippen LogP contribution is -2.32. The minimum absolute atomic E-state index is 0.0157. The zero-order chi connectivity index (χ0) is 18.3. The summed E-state index contributed by atoms with van der Waals surface area (Å²) in [6, 6.07) is 9.21. The van der Waals surface area contributed by atoms with E-state index in [0.29, 0.717) is 5.69 Å². The summed E-state index contributed by atoms with van der Waals surface area (Å²) in [6.45, 7) is 2.19. The van der Waals surface area contributed by atoms with Gasteiger partial charge in [-0.2, -0.15) is 13.2 Å². The van der Waals surface area contributed by atoms with Gasteiger partial charge < -0.3 is 4.74 Å². The zero-order valence-corrected chi connectivity index (χ0v) is 13.4. The van der Waals surface area contributed by atoms with Crippen LogP contribution < -0.4 is 5.32 Å². The van der Waals surface area contributed by atoms with Crippen molar-refractivity contribution in [2.45, 2.75) is 19.6 Å². The number of ether oxygens (including phenoxy) is 1. The van der Waals surface area contributed by atoms with Gasteiger partial charge in [-0.15, -0.1) is 0 Å². The second-order valence-electron chi connectivity index (χ2n) is 4.90. The number of halogens is 3. The zero-order valence-electron chi connectivity index (χ0n) is 13.4. The lowest BCUT2D eigenvalue weighted by molar-refractivity contribution is -0.137. The maximum atomic E-state index is 12.5. The van der Waals surface area contributed by atoms with E-state index in [1.807, 2.05) is 0 Å². The molecule has 0 fully saturated rings. The summed E-state index contributed by atoms with van der Waals surface area (Å²) in [6.07, 6.45) is -2.83. The van der Waals surface area contributed by atoms with Gasteiger partial charge in [-0.25, -0.2) is 4.99 Å². The van der Waals surface area contributed by atoms with Crippen LogP contribution in [-0.2, 0) is 17.5 Å². The Morgan fingerprint density at radius 3 is 2.48 bits per heavy atom. The van der Waals surface area contributed by atoms with Crippen LogP contribution in [0.1, 0.15) is 28.5 Å². The summed E-state index contributed by atoms with van der Waals surface area (Å²) >= 11 is 0. The molecule has 2 rings (SSSR count). The van der Waals surface area contributed by atoms with E-state index in [-0.39, 0.29) is 24.7 Å². The first-order valence-corrected chi connectivity index (χ1v) is 7.46. The quantitative estimate of drug-likeness (QED) is 0.678. The van der Waals surface area contributed by atoms with E-state index in [9.17, 15) is 18.0 Å². The third-order valence-electron chi connectivity index (χ3n) is 3.09. The number of nitrogens with one attached hydrogen (secondary N) is 1. The first-order chi connectivity index (χ1) is 11.9. The molecule has 0 saturated carbocycles. The number of pyridine rings is 1. The molecule has 0 aliphatic heterocycles. The molecule has 1 aromatic heterocycles. The van der Waals surface area contributed by atoms with Crippen LogP contribution in [0.5, 0.6) is 0 Å². The number of hydrogen-bond donors (Lipinski definition) is 1. The fourth-order valence-electron chi connectivity index (χ4n) is 1.88. The predicted molar refractivity (Wildman–Crippen MR) is 85.9 cm³/mol. The van der Waals surface area contributed by atoms with Crippen molar-refractivity contribution in [3.8, 4) is 0 Å². The maximum absolute atomic E-state index is 12.5. The molecule has 0 bridgehead atoms. The van der Waals surface area contributed by atoms with Crippen molar-refractivity contribution in [1.29, 1.82) is 0 Å². The molecule has 0 aliphatic carbocycles. The lowest BCUT2D eigenvalue weighted by Gasteiger charge is -2.10. The molecule has 0 saturated heterocycles. The van der Waals surface area contributed by atoms with Crippen LogP contribution >= 0.6 is 0 Å². The summed E-state index contributed by atoms with van der Waals surface area (Å²) in [5, 5.41) is 2.44. The number of carbonyl (C=O) groups is 1. The van der Waals surface area contributed by atoms with Gasteiger partial charge in [0.1, 0.15) is 0 Å². The standard InChI is InChI=1S/C17H16F3N3O2/c1-2-25-16(22-11-14-5-3-4-10-21-14)23-15(24)12-6-8-13(9-7-12)17(18,19)20/h3-10H,2,11H2,1H3,(H,22,23,24). The van der Waals surface area contributed by atoms with Crippen LogP contribution in [0.15, 0.2) is 53.7 Å². The fourth-order valence-corrected chi connectivity index (χ4v) is 1.88. The number of nitrogens with zero attached hydrogens (tertiary/aromatic N) is 2. The smallest absolute Gasteiger partial charge is 0.416 e. The normalized spacial score (nSPS) is 11.9. The molecule has 5 nitrogen and oxygen atoms in total. The number of benzene rings is 1. The Morgan fingerprint density at radius 1 is 1.20 bits per heavy atom. The molecule has 0 radical (unpaired) electrons. The third-order valence-corrected chi connectivity index (χ3v) is 3.09. The molecule has 8 heteroatoms. The second-order valence-corrected chi connectivity index (χ2v) is 4.90. The van der Waals surface area contributed by atoms with E-state index in [1.165, 1.54) is 0 Å². The number of aliphatic imine (C=N–C) groups is 1. The van der Waals surface area contributed by atoms with Gasteiger partial charge in [-0.05, 0) is 43.3 Å². The Balaban J connectivity index is 2.06. The number of amides is 1. The number of amidine groups is 1.